The van der Waals surface area contributed by atoms with Crippen LogP contribution in [-0.2, 0) is 11.3 Å². The predicted molar refractivity (Wildman–Crippen MR) is 71.9 cm³/mol. The molecular weight excluding hydrogens is 246 g/mol. The summed E-state index contributed by atoms with van der Waals surface area (Å²) in [6.07, 6.45) is 3.08. The molecule has 106 valence electrons. The lowest BCUT2D eigenvalue weighted by Gasteiger charge is -2.06. The molecule has 0 aliphatic rings. The van der Waals surface area contributed by atoms with Crippen LogP contribution in [0.2, 0.25) is 0 Å². The van der Waals surface area contributed by atoms with Gasteiger partial charge in [-0.2, -0.15) is 0 Å². The maximum atomic E-state index is 10.3. The third-order valence-electron chi connectivity index (χ3n) is 2.66. The Kier molecular flexibility index (Phi) is 7.43. The van der Waals surface area contributed by atoms with E-state index in [-0.39, 0.29) is 6.61 Å². The minimum atomic E-state index is -0.713. The van der Waals surface area contributed by atoms with Crippen molar-refractivity contribution in [1.29, 1.82) is 0 Å². The van der Waals surface area contributed by atoms with Crippen molar-refractivity contribution in [2.24, 2.45) is 5.73 Å². The van der Waals surface area contributed by atoms with E-state index in [2.05, 4.69) is 4.74 Å². The number of nitrogens with two attached hydrogens (primary N) is 1. The predicted octanol–water partition coefficient (Wildman–Crippen LogP) is 2.21. The monoisotopic (exact) mass is 267 g/mol. The maximum Gasteiger partial charge on any atom is 0.404 e. The molecule has 0 bridgehead atoms. The first-order valence-corrected chi connectivity index (χ1v) is 6.47. The van der Waals surface area contributed by atoms with Gasteiger partial charge >= 0.3 is 6.09 Å². The smallest absolute Gasteiger partial charge is 0.404 e. The van der Waals surface area contributed by atoms with Crippen LogP contribution in [0.25, 0.3) is 0 Å². The van der Waals surface area contributed by atoms with Crippen molar-refractivity contribution in [2.45, 2.75) is 32.3 Å². The number of aliphatic hydroxyl groups is 1. The first-order valence-electron chi connectivity index (χ1n) is 6.47. The van der Waals surface area contributed by atoms with Gasteiger partial charge in [-0.1, -0.05) is 12.1 Å². The summed E-state index contributed by atoms with van der Waals surface area (Å²) in [6, 6.07) is 7.39. The lowest BCUT2D eigenvalue weighted by molar-refractivity contribution is 0.154. The standard InChI is InChI=1S/C14H21NO4/c15-14(17)19-10-4-2-1-3-9-18-13-7-5-12(11-16)6-8-13/h5-8,16H,1-4,9-11H2,(H2,15,17). The third-order valence-corrected chi connectivity index (χ3v) is 2.66. The topological polar surface area (TPSA) is 81.8 Å². The van der Waals surface area contributed by atoms with E-state index >= 15 is 0 Å². The van der Waals surface area contributed by atoms with Crippen LogP contribution in [0.5, 0.6) is 5.75 Å². The van der Waals surface area contributed by atoms with Crippen LogP contribution < -0.4 is 10.5 Å². The molecular formula is C14H21NO4. The minimum absolute atomic E-state index is 0.0493. The number of aliphatic hydroxyl groups excluding tert-OH is 1. The van der Waals surface area contributed by atoms with Gasteiger partial charge in [-0.25, -0.2) is 4.79 Å². The van der Waals surface area contributed by atoms with Gasteiger partial charge in [0.05, 0.1) is 19.8 Å². The van der Waals surface area contributed by atoms with Crippen LogP contribution >= 0.6 is 0 Å². The van der Waals surface area contributed by atoms with Gasteiger partial charge in [0.25, 0.3) is 0 Å². The summed E-state index contributed by atoms with van der Waals surface area (Å²) >= 11 is 0. The number of primary amides is 1. The quantitative estimate of drug-likeness (QED) is 0.672. The number of rotatable bonds is 9. The second-order valence-electron chi connectivity index (χ2n) is 4.23. The highest BCUT2D eigenvalue weighted by atomic mass is 16.5. The van der Waals surface area contributed by atoms with Crippen LogP contribution in [0, 0.1) is 0 Å². The molecule has 1 amide bonds. The average molecular weight is 267 g/mol. The van der Waals surface area contributed by atoms with E-state index in [0.717, 1.165) is 37.0 Å². The van der Waals surface area contributed by atoms with Crippen LogP contribution in [0.1, 0.15) is 31.2 Å². The Labute approximate surface area is 113 Å². The second-order valence-corrected chi connectivity index (χ2v) is 4.23. The molecule has 0 saturated carbocycles. The van der Waals surface area contributed by atoms with Crippen LogP contribution in [-0.4, -0.2) is 24.4 Å². The molecule has 19 heavy (non-hydrogen) atoms. The summed E-state index contributed by atoms with van der Waals surface area (Å²) < 4.78 is 10.2. The van der Waals surface area contributed by atoms with E-state index in [1.165, 1.54) is 0 Å². The number of unbranched alkanes of at least 4 members (excludes halogenated alkanes) is 3. The molecule has 0 atom stereocenters. The van der Waals surface area contributed by atoms with Crippen molar-refractivity contribution in [1.82, 2.24) is 0 Å². The molecule has 3 N–H and O–H groups in total. The normalized spacial score (nSPS) is 10.2. The van der Waals surface area contributed by atoms with E-state index in [1.807, 2.05) is 24.3 Å². The zero-order valence-electron chi connectivity index (χ0n) is 11.0. The summed E-state index contributed by atoms with van der Waals surface area (Å²) in [5, 5.41) is 8.90. The summed E-state index contributed by atoms with van der Waals surface area (Å²) in [6.45, 7) is 1.10. The van der Waals surface area contributed by atoms with Crippen LogP contribution in [0.3, 0.4) is 0 Å². The molecule has 0 aliphatic carbocycles. The number of benzene rings is 1. The number of ether oxygens (including phenoxy) is 2. The second kappa shape index (κ2) is 9.22. The molecule has 1 aromatic carbocycles. The summed E-state index contributed by atoms with van der Waals surface area (Å²) in [4.78, 5) is 10.3. The van der Waals surface area contributed by atoms with Gasteiger partial charge in [0.15, 0.2) is 0 Å². The van der Waals surface area contributed by atoms with Gasteiger partial charge < -0.3 is 20.3 Å². The number of carbonyl (C=O) groups excluding carboxylic acids is 1. The molecule has 0 unspecified atom stereocenters. The van der Waals surface area contributed by atoms with E-state index in [0.29, 0.717) is 13.2 Å². The van der Waals surface area contributed by atoms with Crippen molar-refractivity contribution in [3.05, 3.63) is 29.8 Å². The maximum absolute atomic E-state index is 10.3. The van der Waals surface area contributed by atoms with E-state index < -0.39 is 6.09 Å². The molecule has 0 fully saturated rings. The van der Waals surface area contributed by atoms with Gasteiger partial charge in [0, 0.05) is 0 Å². The van der Waals surface area contributed by atoms with Crippen LogP contribution in [0.15, 0.2) is 24.3 Å². The molecule has 5 nitrogen and oxygen atoms in total. The number of carbonyl (C=O) groups is 1. The Hall–Kier alpha value is -1.75. The average Bonchev–Trinajstić information content (AvgIpc) is 2.42. The van der Waals surface area contributed by atoms with Gasteiger partial charge in [-0.3, -0.25) is 0 Å². The number of amides is 1. The van der Waals surface area contributed by atoms with E-state index in [4.69, 9.17) is 15.6 Å². The Morgan fingerprint density at radius 1 is 1.05 bits per heavy atom. The molecule has 0 radical (unpaired) electrons. The SMILES string of the molecule is NC(=O)OCCCCCCOc1ccc(CO)cc1. The highest BCUT2D eigenvalue weighted by Crippen LogP contribution is 2.12. The van der Waals surface area contributed by atoms with E-state index in [9.17, 15) is 4.79 Å². The lowest BCUT2D eigenvalue weighted by atomic mass is 10.2. The molecule has 0 heterocycles. The molecule has 5 heteroatoms. The Morgan fingerprint density at radius 2 is 1.68 bits per heavy atom. The van der Waals surface area contributed by atoms with Crippen LogP contribution in [0.4, 0.5) is 4.79 Å². The third kappa shape index (κ3) is 7.31. The first-order chi connectivity index (χ1) is 9.22. The summed E-state index contributed by atoms with van der Waals surface area (Å²) in [5.41, 5.74) is 5.72. The molecule has 0 aliphatic heterocycles. The first kappa shape index (κ1) is 15.3. The largest absolute Gasteiger partial charge is 0.494 e. The lowest BCUT2D eigenvalue weighted by Crippen LogP contribution is -2.13. The van der Waals surface area contributed by atoms with Crippen molar-refractivity contribution < 1.29 is 19.4 Å². The molecule has 0 aromatic heterocycles. The molecule has 0 saturated heterocycles. The van der Waals surface area contributed by atoms with E-state index in [1.54, 1.807) is 0 Å². The summed E-state index contributed by atoms with van der Waals surface area (Å²) in [5.74, 6) is 0.814. The highest BCUT2D eigenvalue weighted by Gasteiger charge is 1.96. The van der Waals surface area contributed by atoms with Gasteiger partial charge in [-0.05, 0) is 43.4 Å². The fraction of sp³-hybridized carbons (Fsp3) is 0.500. The zero-order chi connectivity index (χ0) is 13.9. The molecule has 0 spiro atoms. The van der Waals surface area contributed by atoms with Crippen molar-refractivity contribution >= 4 is 6.09 Å². The van der Waals surface area contributed by atoms with Crippen molar-refractivity contribution in [3.63, 3.8) is 0 Å². The Bertz CT molecular complexity index is 364. The number of hydrogen-bond donors (Lipinski definition) is 2. The number of hydrogen-bond acceptors (Lipinski definition) is 4. The Balaban J connectivity index is 1.99. The van der Waals surface area contributed by atoms with Crippen molar-refractivity contribution in [3.8, 4) is 5.75 Å². The fourth-order valence-corrected chi connectivity index (χ4v) is 1.61. The summed E-state index contributed by atoms with van der Waals surface area (Å²) in [7, 11) is 0. The Morgan fingerprint density at radius 3 is 2.26 bits per heavy atom. The highest BCUT2D eigenvalue weighted by molar-refractivity contribution is 5.64. The van der Waals surface area contributed by atoms with Gasteiger partial charge in [-0.15, -0.1) is 0 Å². The van der Waals surface area contributed by atoms with Gasteiger partial charge in [0.2, 0.25) is 0 Å². The van der Waals surface area contributed by atoms with Crippen molar-refractivity contribution in [2.75, 3.05) is 13.2 Å². The zero-order valence-corrected chi connectivity index (χ0v) is 11.0. The minimum Gasteiger partial charge on any atom is -0.494 e. The fourth-order valence-electron chi connectivity index (χ4n) is 1.61. The van der Waals surface area contributed by atoms with Gasteiger partial charge in [0.1, 0.15) is 5.75 Å². The molecule has 1 aromatic rings. The molecule has 1 rings (SSSR count).